The Morgan fingerprint density at radius 2 is 1.38 bits per heavy atom. The smallest absolute Gasteiger partial charge is 0.269 e. The zero-order chi connectivity index (χ0) is 24.5. The molecule has 0 amide bonds. The van der Waals surface area contributed by atoms with E-state index >= 15 is 0 Å². The summed E-state index contributed by atoms with van der Waals surface area (Å²) in [6.45, 7) is 1.43. The van der Waals surface area contributed by atoms with Crippen LogP contribution >= 0.6 is 0 Å². The molecule has 0 aromatic heterocycles. The first-order valence-electron chi connectivity index (χ1n) is 10.9. The van der Waals surface area contributed by atoms with Gasteiger partial charge in [0.25, 0.3) is 5.69 Å². The van der Waals surface area contributed by atoms with Gasteiger partial charge in [-0.15, -0.1) is 0 Å². The summed E-state index contributed by atoms with van der Waals surface area (Å²) in [6.07, 6.45) is -0.358. The number of nitrogens with zero attached hydrogens (tertiary/aromatic N) is 1. The van der Waals surface area contributed by atoms with Crippen LogP contribution in [0.5, 0.6) is 0 Å². The Morgan fingerprint density at radius 3 is 1.88 bits per heavy atom. The van der Waals surface area contributed by atoms with Gasteiger partial charge in [-0.3, -0.25) is 24.5 Å². The van der Waals surface area contributed by atoms with E-state index in [2.05, 4.69) is 0 Å². The van der Waals surface area contributed by atoms with Crippen LogP contribution in [0.1, 0.15) is 45.5 Å². The van der Waals surface area contributed by atoms with Crippen LogP contribution in [0.25, 0.3) is 0 Å². The van der Waals surface area contributed by atoms with Crippen molar-refractivity contribution in [2.24, 2.45) is 11.8 Å². The lowest BCUT2D eigenvalue weighted by Gasteiger charge is -2.44. The van der Waals surface area contributed by atoms with E-state index in [9.17, 15) is 29.6 Å². The molecule has 0 unspecified atom stereocenters. The normalized spacial score (nSPS) is 24.4. The molecule has 4 atom stereocenters. The monoisotopic (exact) mass is 457 g/mol. The molecule has 0 radical (unpaired) electrons. The summed E-state index contributed by atoms with van der Waals surface area (Å²) in [6, 6.07) is 22.2. The van der Waals surface area contributed by atoms with Crippen molar-refractivity contribution < 1.29 is 24.4 Å². The Balaban J connectivity index is 1.89. The molecule has 1 fully saturated rings. The molecule has 0 spiro atoms. The topological polar surface area (TPSA) is 115 Å². The second kappa shape index (κ2) is 9.11. The number of ketones is 3. The Labute approximate surface area is 196 Å². The summed E-state index contributed by atoms with van der Waals surface area (Å²) in [5.41, 5.74) is -0.804. The van der Waals surface area contributed by atoms with Crippen molar-refractivity contribution in [3.05, 3.63) is 112 Å². The number of carbonyl (C=O) groups excluding carboxylic acids is 3. The van der Waals surface area contributed by atoms with Crippen molar-refractivity contribution in [1.82, 2.24) is 0 Å². The molecule has 0 bridgehead atoms. The fourth-order valence-corrected chi connectivity index (χ4v) is 4.87. The van der Waals surface area contributed by atoms with E-state index < -0.39 is 45.6 Å². The van der Waals surface area contributed by atoms with Crippen LogP contribution in [0.3, 0.4) is 0 Å². The number of nitro benzene ring substituents is 1. The lowest BCUT2D eigenvalue weighted by Crippen LogP contribution is -2.54. The number of non-ortho nitro benzene ring substituents is 1. The molecule has 1 N–H and O–H groups in total. The molecule has 1 aliphatic carbocycles. The highest BCUT2D eigenvalue weighted by Crippen LogP contribution is 2.48. The van der Waals surface area contributed by atoms with Crippen molar-refractivity contribution in [1.29, 1.82) is 0 Å². The zero-order valence-corrected chi connectivity index (χ0v) is 18.5. The number of rotatable bonds is 6. The fraction of sp³-hybridized carbons (Fsp3) is 0.222. The summed E-state index contributed by atoms with van der Waals surface area (Å²) < 4.78 is 0. The maximum Gasteiger partial charge on any atom is 0.269 e. The molecule has 4 rings (SSSR count). The molecule has 34 heavy (non-hydrogen) atoms. The molecule has 0 heterocycles. The molecule has 1 aliphatic rings. The maximum atomic E-state index is 13.7. The van der Waals surface area contributed by atoms with Crippen LogP contribution in [0.15, 0.2) is 84.9 Å². The molecule has 0 saturated heterocycles. The van der Waals surface area contributed by atoms with E-state index in [4.69, 9.17) is 0 Å². The number of nitro groups is 1. The van der Waals surface area contributed by atoms with Gasteiger partial charge in [-0.05, 0) is 12.5 Å². The standard InChI is InChI=1S/C27H23NO6/c1-27(32)16-21(29)23(25(30)18-8-4-2-5-9-18)22(17-12-14-20(15-13-17)28(33)34)24(27)26(31)19-10-6-3-7-11-19/h2-15,22-24,32H,16H2,1H3/t22-,23-,24+,27+/m0/s1. The van der Waals surface area contributed by atoms with Crippen molar-refractivity contribution in [2.45, 2.75) is 24.9 Å². The van der Waals surface area contributed by atoms with Gasteiger partial charge in [0.2, 0.25) is 0 Å². The lowest BCUT2D eigenvalue weighted by molar-refractivity contribution is -0.384. The SMILES string of the molecule is C[C@@]1(O)CC(=O)[C@H](C(=O)c2ccccc2)[C@H](c2ccc([N+](=O)[O-])cc2)[C@@H]1C(=O)c1ccccc1. The lowest BCUT2D eigenvalue weighted by atomic mass is 9.58. The van der Waals surface area contributed by atoms with Crippen molar-refractivity contribution >= 4 is 23.0 Å². The average molecular weight is 457 g/mol. The molecule has 7 nitrogen and oxygen atoms in total. The van der Waals surface area contributed by atoms with E-state index in [1.165, 1.54) is 31.2 Å². The molecule has 1 saturated carbocycles. The van der Waals surface area contributed by atoms with E-state index in [-0.39, 0.29) is 12.1 Å². The number of hydrogen-bond acceptors (Lipinski definition) is 6. The summed E-state index contributed by atoms with van der Waals surface area (Å²) in [7, 11) is 0. The molecule has 172 valence electrons. The highest BCUT2D eigenvalue weighted by atomic mass is 16.6. The van der Waals surface area contributed by atoms with E-state index in [0.29, 0.717) is 16.7 Å². The first kappa shape index (κ1) is 23.2. The van der Waals surface area contributed by atoms with Gasteiger partial charge in [-0.25, -0.2) is 0 Å². The number of hydrogen-bond donors (Lipinski definition) is 1. The van der Waals surface area contributed by atoms with Gasteiger partial charge >= 0.3 is 0 Å². The van der Waals surface area contributed by atoms with E-state index in [1.807, 2.05) is 0 Å². The third kappa shape index (κ3) is 4.30. The Morgan fingerprint density at radius 1 is 0.882 bits per heavy atom. The first-order chi connectivity index (χ1) is 16.2. The van der Waals surface area contributed by atoms with Gasteiger partial charge in [-0.1, -0.05) is 72.8 Å². The third-order valence-electron chi connectivity index (χ3n) is 6.44. The molecular formula is C27H23NO6. The highest BCUT2D eigenvalue weighted by molar-refractivity contribution is 6.13. The molecule has 3 aromatic carbocycles. The van der Waals surface area contributed by atoms with Gasteiger partial charge in [0.1, 0.15) is 5.78 Å². The number of aliphatic hydroxyl groups is 1. The quantitative estimate of drug-likeness (QED) is 0.254. The minimum atomic E-state index is -1.72. The number of carbonyl (C=O) groups is 3. The van der Waals surface area contributed by atoms with Crippen LogP contribution < -0.4 is 0 Å². The Kier molecular flexibility index (Phi) is 6.22. The number of Topliss-reactive ketones (excluding diaryl/α,β-unsaturated/α-hetero) is 3. The van der Waals surface area contributed by atoms with Crippen molar-refractivity contribution in [3.8, 4) is 0 Å². The Hall–Kier alpha value is -3.97. The second-order valence-electron chi connectivity index (χ2n) is 8.79. The summed E-state index contributed by atoms with van der Waals surface area (Å²) in [5.74, 6) is -4.66. The van der Waals surface area contributed by atoms with Gasteiger partial charge < -0.3 is 5.11 Å². The van der Waals surface area contributed by atoms with Crippen LogP contribution in [-0.2, 0) is 4.79 Å². The molecular weight excluding hydrogens is 434 g/mol. The maximum absolute atomic E-state index is 13.7. The summed E-state index contributed by atoms with van der Waals surface area (Å²) in [5, 5.41) is 22.5. The predicted octanol–water partition coefficient (Wildman–Crippen LogP) is 4.40. The van der Waals surface area contributed by atoms with Crippen LogP contribution in [0, 0.1) is 22.0 Å². The summed E-state index contributed by atoms with van der Waals surface area (Å²) >= 11 is 0. The van der Waals surface area contributed by atoms with Crippen LogP contribution in [-0.4, -0.2) is 33.0 Å². The van der Waals surface area contributed by atoms with Gasteiger partial charge in [0.15, 0.2) is 11.6 Å². The van der Waals surface area contributed by atoms with Gasteiger partial charge in [-0.2, -0.15) is 0 Å². The average Bonchev–Trinajstić information content (AvgIpc) is 2.83. The van der Waals surface area contributed by atoms with Crippen LogP contribution in [0.4, 0.5) is 5.69 Å². The molecule has 3 aromatic rings. The minimum Gasteiger partial charge on any atom is -0.389 e. The predicted molar refractivity (Wildman–Crippen MR) is 125 cm³/mol. The van der Waals surface area contributed by atoms with Gasteiger partial charge in [0, 0.05) is 35.6 Å². The second-order valence-corrected chi connectivity index (χ2v) is 8.79. The molecule has 7 heteroatoms. The number of benzene rings is 3. The van der Waals surface area contributed by atoms with E-state index in [0.717, 1.165) is 0 Å². The highest BCUT2D eigenvalue weighted by Gasteiger charge is 2.55. The van der Waals surface area contributed by atoms with Crippen molar-refractivity contribution in [3.63, 3.8) is 0 Å². The van der Waals surface area contributed by atoms with Gasteiger partial charge in [0.05, 0.1) is 22.4 Å². The Bertz CT molecular complexity index is 1240. The van der Waals surface area contributed by atoms with E-state index in [1.54, 1.807) is 60.7 Å². The van der Waals surface area contributed by atoms with Crippen LogP contribution in [0.2, 0.25) is 0 Å². The first-order valence-corrected chi connectivity index (χ1v) is 10.9. The third-order valence-corrected chi connectivity index (χ3v) is 6.44. The largest absolute Gasteiger partial charge is 0.389 e. The minimum absolute atomic E-state index is 0.158. The van der Waals surface area contributed by atoms with Crippen molar-refractivity contribution in [2.75, 3.05) is 0 Å². The zero-order valence-electron chi connectivity index (χ0n) is 18.5. The summed E-state index contributed by atoms with van der Waals surface area (Å²) in [4.78, 5) is 51.2. The fourth-order valence-electron chi connectivity index (χ4n) is 4.87. The molecule has 0 aliphatic heterocycles.